The van der Waals surface area contributed by atoms with E-state index in [9.17, 15) is 19.2 Å². The van der Waals surface area contributed by atoms with Gasteiger partial charge in [0.05, 0.1) is 12.1 Å². The summed E-state index contributed by atoms with van der Waals surface area (Å²) in [4.78, 5) is 59.1. The van der Waals surface area contributed by atoms with E-state index in [1.807, 2.05) is 54.5 Å². The molecule has 0 aliphatic carbocycles. The Hall–Kier alpha value is -2.42. The van der Waals surface area contributed by atoms with E-state index in [0.717, 1.165) is 32.2 Å². The third-order valence-corrected chi connectivity index (χ3v) is 8.17. The number of nitrogens with one attached hydrogen (secondary N) is 1. The molecule has 2 fully saturated rings. The predicted molar refractivity (Wildman–Crippen MR) is 162 cm³/mol. The van der Waals surface area contributed by atoms with E-state index >= 15 is 0 Å². The molecule has 0 radical (unpaired) electrons. The molecular formula is C32H56N4O5. The molecule has 2 heterocycles. The summed E-state index contributed by atoms with van der Waals surface area (Å²) in [6.45, 7) is 20.7. The Morgan fingerprint density at radius 1 is 0.902 bits per heavy atom. The number of amides is 3. The average Bonchev–Trinajstić information content (AvgIpc) is 3.37. The fourth-order valence-corrected chi connectivity index (χ4v) is 5.91. The number of ether oxygens (including phenoxy) is 1. The molecule has 0 spiro atoms. The van der Waals surface area contributed by atoms with Crippen molar-refractivity contribution >= 4 is 23.7 Å². The topological polar surface area (TPSA) is 99.3 Å². The number of piperidine rings is 1. The van der Waals surface area contributed by atoms with Gasteiger partial charge in [-0.15, -0.1) is 0 Å². The molecule has 9 heteroatoms. The molecule has 2 rings (SSSR count). The lowest BCUT2D eigenvalue weighted by Gasteiger charge is -2.39. The largest absolute Gasteiger partial charge is 0.458 e. The first-order valence-corrected chi connectivity index (χ1v) is 15.5. The molecule has 0 saturated carbocycles. The first-order valence-electron chi connectivity index (χ1n) is 15.5. The van der Waals surface area contributed by atoms with Gasteiger partial charge >= 0.3 is 5.97 Å². The Morgan fingerprint density at radius 2 is 1.51 bits per heavy atom. The summed E-state index contributed by atoms with van der Waals surface area (Å²) in [5.74, 6) is -0.959. The summed E-state index contributed by atoms with van der Waals surface area (Å²) in [5, 5.41) is 3.08. The minimum absolute atomic E-state index is 0.0187. The van der Waals surface area contributed by atoms with Crippen molar-refractivity contribution in [3.05, 3.63) is 11.6 Å². The normalized spacial score (nSPS) is 22.2. The lowest BCUT2D eigenvalue weighted by molar-refractivity contribution is -0.162. The van der Waals surface area contributed by atoms with Gasteiger partial charge in [0.15, 0.2) is 0 Å². The maximum Gasteiger partial charge on any atom is 0.329 e. The second-order valence-electron chi connectivity index (χ2n) is 13.8. The van der Waals surface area contributed by atoms with E-state index < -0.39 is 17.7 Å². The van der Waals surface area contributed by atoms with E-state index in [1.165, 1.54) is 0 Å². The maximum absolute atomic E-state index is 13.9. The monoisotopic (exact) mass is 576 g/mol. The van der Waals surface area contributed by atoms with E-state index in [-0.39, 0.29) is 53.7 Å². The van der Waals surface area contributed by atoms with Gasteiger partial charge < -0.3 is 19.9 Å². The van der Waals surface area contributed by atoms with Gasteiger partial charge in [-0.1, -0.05) is 40.2 Å². The van der Waals surface area contributed by atoms with Gasteiger partial charge in [-0.25, -0.2) is 4.79 Å². The third kappa shape index (κ3) is 9.29. The minimum Gasteiger partial charge on any atom is -0.458 e. The summed E-state index contributed by atoms with van der Waals surface area (Å²) in [6.07, 6.45) is 6.01. The van der Waals surface area contributed by atoms with Crippen molar-refractivity contribution in [1.29, 1.82) is 0 Å². The Kier molecular flexibility index (Phi) is 12.4. The molecule has 1 N–H and O–H groups in total. The van der Waals surface area contributed by atoms with E-state index in [1.54, 1.807) is 23.8 Å². The highest BCUT2D eigenvalue weighted by Crippen LogP contribution is 2.25. The summed E-state index contributed by atoms with van der Waals surface area (Å²) >= 11 is 0. The van der Waals surface area contributed by atoms with Crippen molar-refractivity contribution < 1.29 is 23.9 Å². The molecule has 9 nitrogen and oxygen atoms in total. The Balaban J connectivity index is 2.22. The molecule has 0 aromatic carbocycles. The Morgan fingerprint density at radius 3 is 2.05 bits per heavy atom. The maximum atomic E-state index is 13.9. The molecule has 234 valence electrons. The molecule has 2 aliphatic heterocycles. The van der Waals surface area contributed by atoms with Crippen LogP contribution in [0.15, 0.2) is 11.6 Å². The molecule has 2 saturated heterocycles. The van der Waals surface area contributed by atoms with Gasteiger partial charge in [0, 0.05) is 25.2 Å². The average molecular weight is 577 g/mol. The van der Waals surface area contributed by atoms with Crippen LogP contribution >= 0.6 is 0 Å². The summed E-state index contributed by atoms with van der Waals surface area (Å²) < 4.78 is 5.57. The summed E-state index contributed by atoms with van der Waals surface area (Å²) in [5.41, 5.74) is -0.143. The summed E-state index contributed by atoms with van der Waals surface area (Å²) in [7, 11) is 1.74. The minimum atomic E-state index is -0.677. The molecular weight excluding hydrogens is 520 g/mol. The standard InChI is InChI=1S/C32H56N4O5/c1-20(2)26(19-23(7)29(38)36-18-14-16-25(36)31(40)41-32(8,9)10)34(11)30(39)27(21(3)4)33-28(37)24-15-12-13-17-35(24)22(5)6/h19-22,24-27H,12-18H2,1-11H3,(H,33,37)/b23-19+/t24?,25-,26-,27+/m1/s1. The number of likely N-dealkylation sites (N-methyl/N-ethyl adjacent to an activating group) is 1. The zero-order chi connectivity index (χ0) is 31.2. The smallest absolute Gasteiger partial charge is 0.329 e. The van der Waals surface area contributed by atoms with Gasteiger partial charge in [0.2, 0.25) is 17.7 Å². The molecule has 2 aliphatic rings. The fraction of sp³-hybridized carbons (Fsp3) is 0.812. The van der Waals surface area contributed by atoms with Gasteiger partial charge in [0.1, 0.15) is 17.7 Å². The molecule has 0 aromatic heterocycles. The molecule has 0 bridgehead atoms. The predicted octanol–water partition coefficient (Wildman–Crippen LogP) is 4.15. The zero-order valence-electron chi connectivity index (χ0n) is 27.5. The quantitative estimate of drug-likeness (QED) is 0.310. The molecule has 41 heavy (non-hydrogen) atoms. The Labute approximate surface area is 248 Å². The second-order valence-corrected chi connectivity index (χ2v) is 13.8. The van der Waals surface area contributed by atoms with Crippen LogP contribution in [0.1, 0.15) is 101 Å². The van der Waals surface area contributed by atoms with Crippen molar-refractivity contribution in [3.8, 4) is 0 Å². The van der Waals surface area contributed by atoms with Crippen molar-refractivity contribution in [3.63, 3.8) is 0 Å². The van der Waals surface area contributed by atoms with Gasteiger partial charge in [-0.05, 0) is 85.6 Å². The number of hydrogen-bond donors (Lipinski definition) is 1. The van der Waals surface area contributed by atoms with Crippen molar-refractivity contribution in [2.75, 3.05) is 20.1 Å². The van der Waals surface area contributed by atoms with Crippen LogP contribution in [-0.2, 0) is 23.9 Å². The van der Waals surface area contributed by atoms with Crippen molar-refractivity contribution in [1.82, 2.24) is 20.0 Å². The Bertz CT molecular complexity index is 968. The van der Waals surface area contributed by atoms with Crippen LogP contribution in [0.4, 0.5) is 0 Å². The van der Waals surface area contributed by atoms with Crippen LogP contribution in [0.5, 0.6) is 0 Å². The van der Waals surface area contributed by atoms with Crippen LogP contribution < -0.4 is 5.32 Å². The van der Waals surface area contributed by atoms with Crippen LogP contribution in [0, 0.1) is 11.8 Å². The second kappa shape index (κ2) is 14.7. The first kappa shape index (κ1) is 34.8. The van der Waals surface area contributed by atoms with E-state index in [0.29, 0.717) is 18.5 Å². The molecule has 4 atom stereocenters. The number of hydrogen-bond acceptors (Lipinski definition) is 6. The van der Waals surface area contributed by atoms with Crippen LogP contribution in [0.3, 0.4) is 0 Å². The SMILES string of the molecule is C/C(=C\[C@H](C(C)C)N(C)C(=O)[C@@H](NC(=O)C1CCCCN1C(C)C)C(C)C)C(=O)N1CCC[C@@H]1C(=O)OC(C)(C)C. The molecule has 0 aromatic rings. The molecule has 1 unspecified atom stereocenters. The van der Waals surface area contributed by atoms with Crippen LogP contribution in [-0.4, -0.2) is 94.3 Å². The third-order valence-electron chi connectivity index (χ3n) is 8.17. The van der Waals surface area contributed by atoms with E-state index in [4.69, 9.17) is 4.74 Å². The molecule has 3 amide bonds. The van der Waals surface area contributed by atoms with Crippen molar-refractivity contribution in [2.45, 2.75) is 137 Å². The lowest BCUT2D eigenvalue weighted by Crippen LogP contribution is -2.58. The number of likely N-dealkylation sites (tertiary alicyclic amines) is 2. The number of rotatable bonds is 10. The highest BCUT2D eigenvalue weighted by atomic mass is 16.6. The number of carbonyl (C=O) groups is 4. The van der Waals surface area contributed by atoms with E-state index in [2.05, 4.69) is 24.1 Å². The summed E-state index contributed by atoms with van der Waals surface area (Å²) in [6, 6.07) is -1.63. The van der Waals surface area contributed by atoms with Crippen LogP contribution in [0.2, 0.25) is 0 Å². The van der Waals surface area contributed by atoms with Crippen LogP contribution in [0.25, 0.3) is 0 Å². The highest BCUT2D eigenvalue weighted by molar-refractivity contribution is 5.96. The fourth-order valence-electron chi connectivity index (χ4n) is 5.91. The number of carbonyl (C=O) groups excluding carboxylic acids is 4. The van der Waals surface area contributed by atoms with Crippen molar-refractivity contribution in [2.24, 2.45) is 11.8 Å². The zero-order valence-corrected chi connectivity index (χ0v) is 27.5. The lowest BCUT2D eigenvalue weighted by atomic mass is 9.95. The highest BCUT2D eigenvalue weighted by Gasteiger charge is 2.39. The number of esters is 1. The van der Waals surface area contributed by atoms with Gasteiger partial charge in [-0.2, -0.15) is 0 Å². The van der Waals surface area contributed by atoms with Gasteiger partial charge in [-0.3, -0.25) is 19.3 Å². The van der Waals surface area contributed by atoms with Gasteiger partial charge in [0.25, 0.3) is 0 Å². The first-order chi connectivity index (χ1) is 19.0. The number of nitrogens with zero attached hydrogens (tertiary/aromatic N) is 3.